The van der Waals surface area contributed by atoms with Gasteiger partial charge in [0.1, 0.15) is 0 Å². The van der Waals surface area contributed by atoms with Crippen LogP contribution in [0.5, 0.6) is 5.88 Å². The normalized spacial score (nSPS) is 20.0. The lowest BCUT2D eigenvalue weighted by atomic mass is 10.0. The first-order valence-electron chi connectivity index (χ1n) is 8.82. The summed E-state index contributed by atoms with van der Waals surface area (Å²) in [5.74, 6) is 1.45. The number of rotatable bonds is 8. The maximum atomic E-state index is 5.80. The van der Waals surface area contributed by atoms with E-state index in [2.05, 4.69) is 34.5 Å². The van der Waals surface area contributed by atoms with Gasteiger partial charge < -0.3 is 20.1 Å². The largest absolute Gasteiger partial charge is 0.477 e. The number of halogens is 1. The molecule has 1 unspecified atom stereocenters. The molecule has 0 bridgehead atoms. The Morgan fingerprint density at radius 2 is 2.28 bits per heavy atom. The number of nitrogens with one attached hydrogen (secondary N) is 2. The van der Waals surface area contributed by atoms with Gasteiger partial charge in [0, 0.05) is 38.5 Å². The second-order valence-electron chi connectivity index (χ2n) is 6.35. The molecule has 2 heterocycles. The molecule has 0 radical (unpaired) electrons. The lowest BCUT2D eigenvalue weighted by Gasteiger charge is -2.24. The minimum absolute atomic E-state index is 0. The van der Waals surface area contributed by atoms with Gasteiger partial charge in [0.05, 0.1) is 12.2 Å². The van der Waals surface area contributed by atoms with E-state index in [1.54, 1.807) is 13.2 Å². The van der Waals surface area contributed by atoms with Gasteiger partial charge in [-0.1, -0.05) is 19.4 Å². The van der Waals surface area contributed by atoms with E-state index in [4.69, 9.17) is 9.47 Å². The van der Waals surface area contributed by atoms with Crippen LogP contribution >= 0.6 is 24.0 Å². The molecule has 1 fully saturated rings. The topological polar surface area (TPSA) is 67.8 Å². The van der Waals surface area contributed by atoms with E-state index in [-0.39, 0.29) is 29.6 Å². The van der Waals surface area contributed by atoms with Crippen molar-refractivity contribution in [1.29, 1.82) is 0 Å². The molecule has 0 aliphatic carbocycles. The number of aromatic nitrogens is 1. The van der Waals surface area contributed by atoms with Crippen LogP contribution in [0.4, 0.5) is 0 Å². The van der Waals surface area contributed by atoms with Crippen molar-refractivity contribution in [2.24, 2.45) is 4.99 Å². The maximum absolute atomic E-state index is 5.80. The Bertz CT molecular complexity index is 534. The van der Waals surface area contributed by atoms with Crippen molar-refractivity contribution in [2.75, 3.05) is 26.8 Å². The SMILES string of the molecule is CCCCOc1ncccc1CNC(=NC)NCC1(C)CCCO1.I. The average Bonchev–Trinajstić information content (AvgIpc) is 3.03. The van der Waals surface area contributed by atoms with Gasteiger partial charge in [-0.15, -0.1) is 24.0 Å². The number of hydrogen-bond donors (Lipinski definition) is 2. The Morgan fingerprint density at radius 1 is 1.44 bits per heavy atom. The fourth-order valence-corrected chi connectivity index (χ4v) is 2.65. The monoisotopic (exact) mass is 462 g/mol. The zero-order valence-corrected chi connectivity index (χ0v) is 17.8. The number of aliphatic imine (C=N–C) groups is 1. The number of ether oxygens (including phenoxy) is 2. The van der Waals surface area contributed by atoms with Crippen molar-refractivity contribution in [3.05, 3.63) is 23.9 Å². The molecule has 1 aliphatic rings. The lowest BCUT2D eigenvalue weighted by Crippen LogP contribution is -2.45. The van der Waals surface area contributed by atoms with Crippen molar-refractivity contribution in [2.45, 2.75) is 51.7 Å². The van der Waals surface area contributed by atoms with Gasteiger partial charge in [0.15, 0.2) is 5.96 Å². The quantitative estimate of drug-likeness (QED) is 0.269. The molecule has 6 nitrogen and oxygen atoms in total. The molecule has 0 amide bonds. The maximum Gasteiger partial charge on any atom is 0.218 e. The average molecular weight is 462 g/mol. The summed E-state index contributed by atoms with van der Waals surface area (Å²) in [4.78, 5) is 8.61. The molecule has 1 aliphatic heterocycles. The Hall–Kier alpha value is -1.09. The van der Waals surface area contributed by atoms with E-state index >= 15 is 0 Å². The van der Waals surface area contributed by atoms with Gasteiger partial charge in [0.25, 0.3) is 0 Å². The van der Waals surface area contributed by atoms with E-state index in [1.807, 2.05) is 12.1 Å². The predicted octanol–water partition coefficient (Wildman–Crippen LogP) is 3.11. The summed E-state index contributed by atoms with van der Waals surface area (Å²) in [5.41, 5.74) is 0.931. The molecular formula is C18H31IN4O2. The van der Waals surface area contributed by atoms with Crippen LogP contribution in [0.25, 0.3) is 0 Å². The number of hydrogen-bond acceptors (Lipinski definition) is 4. The van der Waals surface area contributed by atoms with Crippen LogP contribution in [0.1, 0.15) is 45.1 Å². The molecule has 0 saturated carbocycles. The van der Waals surface area contributed by atoms with Crippen LogP contribution in [-0.4, -0.2) is 43.4 Å². The van der Waals surface area contributed by atoms with E-state index in [1.165, 1.54) is 0 Å². The predicted molar refractivity (Wildman–Crippen MR) is 112 cm³/mol. The fraction of sp³-hybridized carbons (Fsp3) is 0.667. The number of pyridine rings is 1. The van der Waals surface area contributed by atoms with Crippen molar-refractivity contribution >= 4 is 29.9 Å². The first kappa shape index (κ1) is 22.0. The Kier molecular flexibility index (Phi) is 10.1. The van der Waals surface area contributed by atoms with Crippen LogP contribution in [0, 0.1) is 0 Å². The van der Waals surface area contributed by atoms with Crippen molar-refractivity contribution in [3.63, 3.8) is 0 Å². The molecule has 1 saturated heterocycles. The minimum Gasteiger partial charge on any atom is -0.477 e. The number of guanidine groups is 1. The molecule has 0 spiro atoms. The highest BCUT2D eigenvalue weighted by Gasteiger charge is 2.29. The van der Waals surface area contributed by atoms with Gasteiger partial charge in [-0.3, -0.25) is 4.99 Å². The summed E-state index contributed by atoms with van der Waals surface area (Å²) in [6.45, 7) is 7.20. The van der Waals surface area contributed by atoms with Crippen LogP contribution in [-0.2, 0) is 11.3 Å². The zero-order chi connectivity index (χ0) is 17.3. The third kappa shape index (κ3) is 7.35. The van der Waals surface area contributed by atoms with Crippen molar-refractivity contribution in [3.8, 4) is 5.88 Å². The first-order valence-corrected chi connectivity index (χ1v) is 8.82. The molecule has 2 rings (SSSR count). The molecular weight excluding hydrogens is 431 g/mol. The van der Waals surface area contributed by atoms with E-state index in [0.29, 0.717) is 19.0 Å². The first-order chi connectivity index (χ1) is 11.7. The molecule has 0 aromatic carbocycles. The van der Waals surface area contributed by atoms with Crippen LogP contribution in [0.2, 0.25) is 0 Å². The highest BCUT2D eigenvalue weighted by atomic mass is 127. The third-order valence-corrected chi connectivity index (χ3v) is 4.19. The smallest absolute Gasteiger partial charge is 0.218 e. The molecule has 7 heteroatoms. The molecule has 2 N–H and O–H groups in total. The third-order valence-electron chi connectivity index (χ3n) is 4.19. The molecule has 25 heavy (non-hydrogen) atoms. The van der Waals surface area contributed by atoms with E-state index in [9.17, 15) is 0 Å². The lowest BCUT2D eigenvalue weighted by molar-refractivity contribution is 0.0243. The van der Waals surface area contributed by atoms with Crippen LogP contribution in [0.3, 0.4) is 0 Å². The van der Waals surface area contributed by atoms with Crippen LogP contribution in [0.15, 0.2) is 23.3 Å². The Balaban J connectivity index is 0.00000312. The number of unbranched alkanes of at least 4 members (excludes halogenated alkanes) is 1. The van der Waals surface area contributed by atoms with Gasteiger partial charge in [-0.2, -0.15) is 0 Å². The summed E-state index contributed by atoms with van der Waals surface area (Å²) in [6, 6.07) is 3.95. The molecule has 1 atom stereocenters. The summed E-state index contributed by atoms with van der Waals surface area (Å²) in [6.07, 6.45) is 6.10. The van der Waals surface area contributed by atoms with Gasteiger partial charge in [-0.25, -0.2) is 4.98 Å². The minimum atomic E-state index is -0.0969. The van der Waals surface area contributed by atoms with Crippen LogP contribution < -0.4 is 15.4 Å². The van der Waals surface area contributed by atoms with E-state index < -0.39 is 0 Å². The zero-order valence-electron chi connectivity index (χ0n) is 15.5. The van der Waals surface area contributed by atoms with Gasteiger partial charge >= 0.3 is 0 Å². The summed E-state index contributed by atoms with van der Waals surface area (Å²) in [7, 11) is 1.77. The van der Waals surface area contributed by atoms with E-state index in [0.717, 1.165) is 50.4 Å². The highest BCUT2D eigenvalue weighted by molar-refractivity contribution is 14.0. The summed E-state index contributed by atoms with van der Waals surface area (Å²) < 4.78 is 11.6. The van der Waals surface area contributed by atoms with Crippen molar-refractivity contribution in [1.82, 2.24) is 15.6 Å². The highest BCUT2D eigenvalue weighted by Crippen LogP contribution is 2.23. The molecule has 1 aromatic rings. The van der Waals surface area contributed by atoms with Gasteiger partial charge in [0.2, 0.25) is 5.88 Å². The molecule has 142 valence electrons. The van der Waals surface area contributed by atoms with Crippen molar-refractivity contribution < 1.29 is 9.47 Å². The Morgan fingerprint density at radius 3 is 2.96 bits per heavy atom. The standard InChI is InChI=1S/C18H30N4O2.HI/c1-4-5-11-23-16-15(8-6-10-20-16)13-21-17(19-3)22-14-18(2)9-7-12-24-18;/h6,8,10H,4-5,7,9,11-14H2,1-3H3,(H2,19,21,22);1H. The Labute approximate surface area is 168 Å². The second kappa shape index (κ2) is 11.5. The van der Waals surface area contributed by atoms with Gasteiger partial charge in [-0.05, 0) is 32.3 Å². The summed E-state index contributed by atoms with van der Waals surface area (Å²) >= 11 is 0. The second-order valence-corrected chi connectivity index (χ2v) is 6.35. The fourth-order valence-electron chi connectivity index (χ4n) is 2.65. The molecule has 1 aromatic heterocycles. The number of nitrogens with zero attached hydrogens (tertiary/aromatic N) is 2. The summed E-state index contributed by atoms with van der Waals surface area (Å²) in [5, 5.41) is 6.67.